The van der Waals surface area contributed by atoms with Crippen LogP contribution in [0.4, 0.5) is 17.1 Å². The molecule has 0 aliphatic heterocycles. The summed E-state index contributed by atoms with van der Waals surface area (Å²) in [5.74, 6) is -1.07. The number of nitrogens with zero attached hydrogens (tertiary/aromatic N) is 2. The third kappa shape index (κ3) is 8.79. The zero-order chi connectivity index (χ0) is 27.4. The summed E-state index contributed by atoms with van der Waals surface area (Å²) >= 11 is 0. The van der Waals surface area contributed by atoms with Gasteiger partial charge in [0.25, 0.3) is 0 Å². The van der Waals surface area contributed by atoms with Crippen LogP contribution in [0.3, 0.4) is 0 Å². The summed E-state index contributed by atoms with van der Waals surface area (Å²) in [6.07, 6.45) is 0.698. The van der Waals surface area contributed by atoms with Crippen molar-refractivity contribution in [3.05, 3.63) is 57.6 Å². The van der Waals surface area contributed by atoms with Crippen molar-refractivity contribution < 1.29 is 34.3 Å². The predicted molar refractivity (Wildman–Crippen MR) is 136 cm³/mol. The number of nitrogens with two attached hydrogens (primary N) is 2. The van der Waals surface area contributed by atoms with Crippen LogP contribution in [0.1, 0.15) is 47.4 Å². The number of carbonyl (C=O) groups is 2. The second-order valence-corrected chi connectivity index (χ2v) is 8.00. The van der Waals surface area contributed by atoms with Crippen LogP contribution < -0.4 is 32.0 Å². The van der Waals surface area contributed by atoms with Crippen LogP contribution in [0.15, 0.2) is 36.4 Å². The standard InChI is InChI=1S/C23H32N6O8/c1-3-8-26-21-19(27-37-34)12-17(23(25)31)13-20(21)36-10-5-9-35-15(2)14-28(29(32)33)18-7-4-6-16(11-18)22(24)30/h4,6-7,11-13,15,26-27,34H,3,5,8-10,14H2,1-2H3,(H2,24,30)(H2,25,31). The van der Waals surface area contributed by atoms with Crippen molar-refractivity contribution in [1.82, 2.24) is 0 Å². The molecule has 2 aromatic rings. The number of primary amides is 2. The van der Waals surface area contributed by atoms with Crippen LogP contribution in [0.2, 0.25) is 0 Å². The first-order chi connectivity index (χ1) is 17.7. The summed E-state index contributed by atoms with van der Waals surface area (Å²) in [6.45, 7) is 4.58. The van der Waals surface area contributed by atoms with Crippen molar-refractivity contribution >= 4 is 28.9 Å². The first-order valence-corrected chi connectivity index (χ1v) is 11.5. The maximum absolute atomic E-state index is 11.7. The maximum Gasteiger partial charge on any atom is 0.248 e. The highest BCUT2D eigenvalue weighted by Crippen LogP contribution is 2.35. The highest BCUT2D eigenvalue weighted by atomic mass is 17.2. The molecule has 1 unspecified atom stereocenters. The van der Waals surface area contributed by atoms with Crippen LogP contribution in [0, 0.1) is 10.1 Å². The summed E-state index contributed by atoms with van der Waals surface area (Å²) in [5.41, 5.74) is 14.2. The Morgan fingerprint density at radius 2 is 1.89 bits per heavy atom. The molecule has 2 amide bonds. The van der Waals surface area contributed by atoms with E-state index in [0.717, 1.165) is 11.4 Å². The van der Waals surface area contributed by atoms with E-state index < -0.39 is 23.0 Å². The molecule has 0 bridgehead atoms. The topological polar surface area (TPSA) is 205 Å². The Morgan fingerprint density at radius 3 is 2.51 bits per heavy atom. The van der Waals surface area contributed by atoms with Gasteiger partial charge in [-0.3, -0.25) is 9.59 Å². The molecular weight excluding hydrogens is 488 g/mol. The highest BCUT2D eigenvalue weighted by Gasteiger charge is 2.22. The Morgan fingerprint density at radius 1 is 1.16 bits per heavy atom. The van der Waals surface area contributed by atoms with Gasteiger partial charge >= 0.3 is 0 Å². The molecule has 202 valence electrons. The fraction of sp³-hybridized carbons (Fsp3) is 0.391. The number of benzene rings is 2. The smallest absolute Gasteiger partial charge is 0.248 e. The fourth-order valence-electron chi connectivity index (χ4n) is 3.34. The third-order valence-corrected chi connectivity index (χ3v) is 5.10. The Hall–Kier alpha value is -4.14. The number of rotatable bonds is 17. The molecule has 0 fully saturated rings. The van der Waals surface area contributed by atoms with E-state index in [1.54, 1.807) is 6.92 Å². The van der Waals surface area contributed by atoms with Crippen molar-refractivity contribution in [3.8, 4) is 5.75 Å². The third-order valence-electron chi connectivity index (χ3n) is 5.10. The first-order valence-electron chi connectivity index (χ1n) is 11.5. The van der Waals surface area contributed by atoms with Gasteiger partial charge < -0.3 is 26.3 Å². The number of anilines is 3. The summed E-state index contributed by atoms with van der Waals surface area (Å²) in [5, 5.41) is 23.8. The second-order valence-electron chi connectivity index (χ2n) is 8.00. The second kappa shape index (κ2) is 14.4. The van der Waals surface area contributed by atoms with Crippen molar-refractivity contribution in [2.75, 3.05) is 42.1 Å². The first kappa shape index (κ1) is 29.1. The van der Waals surface area contributed by atoms with Crippen LogP contribution >= 0.6 is 0 Å². The Kier molecular flexibility index (Phi) is 11.3. The molecule has 7 N–H and O–H groups in total. The van der Waals surface area contributed by atoms with Crippen molar-refractivity contribution in [2.24, 2.45) is 11.5 Å². The van der Waals surface area contributed by atoms with Gasteiger partial charge in [-0.2, -0.15) is 0 Å². The normalized spacial score (nSPS) is 11.4. The average molecular weight is 521 g/mol. The lowest BCUT2D eigenvalue weighted by Crippen LogP contribution is -2.37. The van der Waals surface area contributed by atoms with Gasteiger partial charge in [0.2, 0.25) is 11.8 Å². The molecule has 0 aliphatic rings. The van der Waals surface area contributed by atoms with Crippen molar-refractivity contribution in [2.45, 2.75) is 32.8 Å². The molecule has 0 heterocycles. The van der Waals surface area contributed by atoms with E-state index in [4.69, 9.17) is 26.2 Å². The molecule has 2 rings (SSSR count). The summed E-state index contributed by atoms with van der Waals surface area (Å²) in [7, 11) is 0. The van der Waals surface area contributed by atoms with E-state index in [1.807, 2.05) is 6.92 Å². The lowest BCUT2D eigenvalue weighted by Gasteiger charge is -2.20. The van der Waals surface area contributed by atoms with Crippen LogP contribution in [-0.2, 0) is 9.73 Å². The fourth-order valence-corrected chi connectivity index (χ4v) is 3.34. The summed E-state index contributed by atoms with van der Waals surface area (Å²) < 4.78 is 11.5. The van der Waals surface area contributed by atoms with Gasteiger partial charge in [-0.1, -0.05) is 18.0 Å². The molecule has 14 nitrogen and oxygen atoms in total. The van der Waals surface area contributed by atoms with Gasteiger partial charge in [0, 0.05) is 24.1 Å². The molecule has 0 saturated carbocycles. The molecule has 37 heavy (non-hydrogen) atoms. The minimum Gasteiger partial charge on any atom is -0.491 e. The van der Waals surface area contributed by atoms with E-state index in [1.165, 1.54) is 36.4 Å². The van der Waals surface area contributed by atoms with E-state index >= 15 is 0 Å². The van der Waals surface area contributed by atoms with Crippen LogP contribution in [0.25, 0.3) is 0 Å². The zero-order valence-electron chi connectivity index (χ0n) is 20.6. The van der Waals surface area contributed by atoms with Gasteiger partial charge in [0.15, 0.2) is 5.03 Å². The lowest BCUT2D eigenvalue weighted by molar-refractivity contribution is -0.496. The predicted octanol–water partition coefficient (Wildman–Crippen LogP) is 2.40. The largest absolute Gasteiger partial charge is 0.491 e. The number of ether oxygens (including phenoxy) is 2. The van der Waals surface area contributed by atoms with Gasteiger partial charge in [-0.15, -0.1) is 4.99 Å². The molecule has 1 atom stereocenters. The van der Waals surface area contributed by atoms with Gasteiger partial charge in [-0.05, 0) is 43.7 Å². The number of nitrogens with one attached hydrogen (secondary N) is 2. The van der Waals surface area contributed by atoms with Gasteiger partial charge in [-0.25, -0.2) is 20.9 Å². The molecule has 0 saturated heterocycles. The molecule has 0 spiro atoms. The molecular formula is C23H32N6O8. The number of hydrogen-bond acceptors (Lipinski definition) is 10. The Balaban J connectivity index is 1.97. The van der Waals surface area contributed by atoms with Crippen LogP contribution in [-0.4, -0.2) is 54.5 Å². The van der Waals surface area contributed by atoms with E-state index in [0.29, 0.717) is 24.4 Å². The minimum absolute atomic E-state index is 0.0714. The van der Waals surface area contributed by atoms with E-state index in [-0.39, 0.29) is 42.3 Å². The van der Waals surface area contributed by atoms with Crippen molar-refractivity contribution in [3.63, 3.8) is 0 Å². The number of nitro groups is 1. The Bertz CT molecular complexity index is 1080. The number of carbonyl (C=O) groups excluding carboxylic acids is 2. The number of hydrogen-bond donors (Lipinski definition) is 5. The molecule has 0 radical (unpaired) electrons. The average Bonchev–Trinajstić information content (AvgIpc) is 2.86. The van der Waals surface area contributed by atoms with Crippen LogP contribution in [0.5, 0.6) is 5.75 Å². The van der Waals surface area contributed by atoms with Crippen molar-refractivity contribution in [1.29, 1.82) is 0 Å². The minimum atomic E-state index is -0.693. The number of hydrazine groups is 1. The quantitative estimate of drug-likeness (QED) is 0.0886. The summed E-state index contributed by atoms with van der Waals surface area (Å²) in [6, 6.07) is 8.73. The Labute approximate surface area is 213 Å². The molecule has 2 aromatic carbocycles. The SMILES string of the molecule is CCCNc1c(NOO)cc(C(N)=O)cc1OCCCOC(C)CN(c1cccc(C(N)=O)c1)[N+](=O)[O-]. The maximum atomic E-state index is 11.7. The summed E-state index contributed by atoms with van der Waals surface area (Å²) in [4.78, 5) is 38.7. The van der Waals surface area contributed by atoms with Gasteiger partial charge in [0.05, 0.1) is 25.0 Å². The van der Waals surface area contributed by atoms with Gasteiger partial charge in [0.1, 0.15) is 23.7 Å². The number of amides is 2. The van der Waals surface area contributed by atoms with E-state index in [2.05, 4.69) is 15.8 Å². The molecule has 14 heteroatoms. The monoisotopic (exact) mass is 520 g/mol. The molecule has 0 aliphatic carbocycles. The lowest BCUT2D eigenvalue weighted by atomic mass is 10.1. The van der Waals surface area contributed by atoms with E-state index in [9.17, 15) is 19.7 Å². The molecule has 0 aromatic heterocycles. The zero-order valence-corrected chi connectivity index (χ0v) is 20.6. The highest BCUT2D eigenvalue weighted by molar-refractivity contribution is 5.96.